The van der Waals surface area contributed by atoms with Crippen molar-refractivity contribution < 1.29 is 4.79 Å². The fourth-order valence-corrected chi connectivity index (χ4v) is 3.03. The lowest BCUT2D eigenvalue weighted by Crippen LogP contribution is -2.41. The van der Waals surface area contributed by atoms with Crippen molar-refractivity contribution in [3.05, 3.63) is 5.82 Å². The molecule has 0 aliphatic carbocycles. The van der Waals surface area contributed by atoms with Crippen LogP contribution in [0, 0.1) is 0 Å². The molecule has 2 fully saturated rings. The minimum absolute atomic E-state index is 0.0938. The zero-order valence-corrected chi connectivity index (χ0v) is 11.0. The molecule has 0 radical (unpaired) electrons. The summed E-state index contributed by atoms with van der Waals surface area (Å²) in [6.07, 6.45) is 4.95. The van der Waals surface area contributed by atoms with E-state index in [0.29, 0.717) is 6.04 Å². The van der Waals surface area contributed by atoms with Gasteiger partial charge in [-0.15, -0.1) is 5.10 Å². The summed E-state index contributed by atoms with van der Waals surface area (Å²) in [5.41, 5.74) is 5.43. The lowest BCUT2D eigenvalue weighted by molar-refractivity contribution is 0.0760. The maximum Gasteiger partial charge on any atom is 0.291 e. The molecule has 0 spiro atoms. The van der Waals surface area contributed by atoms with Crippen LogP contribution < -0.4 is 5.73 Å². The normalized spacial score (nSPS) is 24.8. The number of nitrogen functional groups attached to an aromatic ring is 1. The largest absolute Gasteiger partial charge is 0.366 e. The van der Waals surface area contributed by atoms with Crippen molar-refractivity contribution in [1.82, 2.24) is 25.0 Å². The van der Waals surface area contributed by atoms with Gasteiger partial charge in [0, 0.05) is 19.1 Å². The fraction of sp³-hybridized carbons (Fsp3) is 0.750. The maximum absolute atomic E-state index is 12.2. The number of rotatable bonds is 2. The van der Waals surface area contributed by atoms with Crippen LogP contribution in [0.3, 0.4) is 0 Å². The number of carbonyl (C=O) groups excluding carboxylic acids is 1. The molecule has 2 aliphatic heterocycles. The first-order valence-corrected chi connectivity index (χ1v) is 6.95. The standard InChI is InChI=1S/C12H20N6O/c13-12-14-10(15-16-12)11(19)18-7-4-9(8-18)17-5-2-1-3-6-17/h9H,1-8H2,(H3,13,14,15,16)/t9-/m1/s1. The highest BCUT2D eigenvalue weighted by Crippen LogP contribution is 2.21. The van der Waals surface area contributed by atoms with Crippen LogP contribution in [0.1, 0.15) is 36.3 Å². The molecule has 7 nitrogen and oxygen atoms in total. The van der Waals surface area contributed by atoms with Gasteiger partial charge in [0.2, 0.25) is 11.8 Å². The first kappa shape index (κ1) is 12.4. The summed E-state index contributed by atoms with van der Waals surface area (Å²) in [5.74, 6) is 0.274. The van der Waals surface area contributed by atoms with Crippen molar-refractivity contribution in [2.24, 2.45) is 0 Å². The van der Waals surface area contributed by atoms with Gasteiger partial charge in [-0.25, -0.2) is 0 Å². The Morgan fingerprint density at radius 2 is 2.05 bits per heavy atom. The monoisotopic (exact) mass is 264 g/mol. The number of aromatic nitrogens is 3. The van der Waals surface area contributed by atoms with Gasteiger partial charge in [-0.1, -0.05) is 6.42 Å². The minimum Gasteiger partial charge on any atom is -0.366 e. The molecule has 3 N–H and O–H groups in total. The van der Waals surface area contributed by atoms with Crippen LogP contribution in [0.15, 0.2) is 0 Å². The lowest BCUT2D eigenvalue weighted by Gasteiger charge is -2.32. The van der Waals surface area contributed by atoms with Crippen LogP contribution in [0.25, 0.3) is 0 Å². The van der Waals surface area contributed by atoms with Crippen molar-refractivity contribution in [1.29, 1.82) is 0 Å². The second-order valence-electron chi connectivity index (χ2n) is 5.33. The summed E-state index contributed by atoms with van der Waals surface area (Å²) in [6.45, 7) is 3.92. The number of hydrogen-bond acceptors (Lipinski definition) is 5. The Bertz CT molecular complexity index is 453. The molecule has 19 heavy (non-hydrogen) atoms. The van der Waals surface area contributed by atoms with Gasteiger partial charge < -0.3 is 10.6 Å². The molecule has 3 rings (SSSR count). The number of amides is 1. The van der Waals surface area contributed by atoms with E-state index >= 15 is 0 Å². The van der Waals surface area contributed by atoms with Crippen molar-refractivity contribution >= 4 is 11.9 Å². The van der Waals surface area contributed by atoms with E-state index < -0.39 is 0 Å². The molecule has 3 heterocycles. The van der Waals surface area contributed by atoms with E-state index in [-0.39, 0.29) is 17.7 Å². The van der Waals surface area contributed by atoms with E-state index in [1.54, 1.807) is 0 Å². The Balaban J connectivity index is 1.60. The molecule has 104 valence electrons. The molecule has 1 aromatic rings. The van der Waals surface area contributed by atoms with Crippen LogP contribution >= 0.6 is 0 Å². The van der Waals surface area contributed by atoms with Crippen molar-refractivity contribution in [3.63, 3.8) is 0 Å². The Hall–Kier alpha value is -1.63. The molecule has 2 aliphatic rings. The van der Waals surface area contributed by atoms with Crippen molar-refractivity contribution in [2.45, 2.75) is 31.7 Å². The molecule has 1 aromatic heterocycles. The number of H-pyrrole nitrogens is 1. The molecule has 1 atom stereocenters. The van der Waals surface area contributed by atoms with Gasteiger partial charge in [-0.3, -0.25) is 14.8 Å². The molecular formula is C12H20N6O. The number of nitrogens with zero attached hydrogens (tertiary/aromatic N) is 4. The number of anilines is 1. The van der Waals surface area contributed by atoms with Crippen molar-refractivity contribution in [3.8, 4) is 0 Å². The molecule has 0 saturated carbocycles. The zero-order chi connectivity index (χ0) is 13.2. The Kier molecular flexibility index (Phi) is 3.37. The summed E-state index contributed by atoms with van der Waals surface area (Å²) in [6, 6.07) is 0.504. The third-order valence-corrected chi connectivity index (χ3v) is 4.06. The van der Waals surface area contributed by atoms with E-state index in [4.69, 9.17) is 5.73 Å². The number of hydrogen-bond donors (Lipinski definition) is 2. The molecule has 0 bridgehead atoms. The smallest absolute Gasteiger partial charge is 0.291 e. The first-order chi connectivity index (χ1) is 9.24. The van der Waals surface area contributed by atoms with Gasteiger partial charge in [0.25, 0.3) is 5.91 Å². The summed E-state index contributed by atoms with van der Waals surface area (Å²) in [4.78, 5) is 20.5. The second-order valence-corrected chi connectivity index (χ2v) is 5.33. The second kappa shape index (κ2) is 5.16. The Labute approximate surface area is 112 Å². The van der Waals surface area contributed by atoms with Crippen LogP contribution in [-0.4, -0.2) is 63.1 Å². The minimum atomic E-state index is -0.0938. The summed E-state index contributed by atoms with van der Waals surface area (Å²) >= 11 is 0. The predicted octanol–water partition coefficient (Wildman–Crippen LogP) is 0.0873. The number of carbonyl (C=O) groups is 1. The highest BCUT2D eigenvalue weighted by molar-refractivity contribution is 5.90. The van der Waals surface area contributed by atoms with E-state index in [1.807, 2.05) is 4.90 Å². The highest BCUT2D eigenvalue weighted by atomic mass is 16.2. The predicted molar refractivity (Wildman–Crippen MR) is 70.5 cm³/mol. The lowest BCUT2D eigenvalue weighted by atomic mass is 10.1. The SMILES string of the molecule is Nc1n[nH]c(C(=O)N2CC[C@@H](N3CCCCC3)C2)n1. The Morgan fingerprint density at radius 3 is 2.74 bits per heavy atom. The third kappa shape index (κ3) is 2.56. The van der Waals surface area contributed by atoms with E-state index in [2.05, 4.69) is 20.1 Å². The zero-order valence-electron chi connectivity index (χ0n) is 11.0. The van der Waals surface area contributed by atoms with Gasteiger partial charge in [0.05, 0.1) is 0 Å². The number of likely N-dealkylation sites (tertiary alicyclic amines) is 2. The molecule has 0 aromatic carbocycles. The van der Waals surface area contributed by atoms with Crippen molar-refractivity contribution in [2.75, 3.05) is 31.9 Å². The van der Waals surface area contributed by atoms with E-state index in [1.165, 1.54) is 32.4 Å². The topological polar surface area (TPSA) is 91.1 Å². The maximum atomic E-state index is 12.2. The quantitative estimate of drug-likeness (QED) is 0.790. The fourth-order valence-electron chi connectivity index (χ4n) is 3.03. The van der Waals surface area contributed by atoms with Crippen LogP contribution in [0.4, 0.5) is 5.95 Å². The average Bonchev–Trinajstić information content (AvgIpc) is 3.08. The molecule has 7 heteroatoms. The summed E-state index contributed by atoms with van der Waals surface area (Å²) in [7, 11) is 0. The molecule has 2 saturated heterocycles. The number of nitrogens with one attached hydrogen (secondary N) is 1. The van der Waals surface area contributed by atoms with E-state index in [9.17, 15) is 4.79 Å². The first-order valence-electron chi connectivity index (χ1n) is 6.95. The Morgan fingerprint density at radius 1 is 1.26 bits per heavy atom. The van der Waals surface area contributed by atoms with Crippen LogP contribution in [0.5, 0.6) is 0 Å². The summed E-state index contributed by atoms with van der Waals surface area (Å²) in [5, 5.41) is 6.29. The van der Waals surface area contributed by atoms with Gasteiger partial charge in [0.15, 0.2) is 0 Å². The number of aromatic amines is 1. The van der Waals surface area contributed by atoms with Gasteiger partial charge in [-0.2, -0.15) is 4.98 Å². The highest BCUT2D eigenvalue weighted by Gasteiger charge is 2.32. The van der Waals surface area contributed by atoms with Gasteiger partial charge >= 0.3 is 0 Å². The molecule has 1 amide bonds. The number of nitrogens with two attached hydrogens (primary N) is 1. The molecule has 0 unspecified atom stereocenters. The van der Waals surface area contributed by atoms with Crippen LogP contribution in [-0.2, 0) is 0 Å². The third-order valence-electron chi connectivity index (χ3n) is 4.06. The van der Waals surface area contributed by atoms with Gasteiger partial charge in [0.1, 0.15) is 0 Å². The molecular weight excluding hydrogens is 244 g/mol. The number of piperidine rings is 1. The average molecular weight is 264 g/mol. The summed E-state index contributed by atoms with van der Waals surface area (Å²) < 4.78 is 0. The van der Waals surface area contributed by atoms with Crippen LogP contribution in [0.2, 0.25) is 0 Å². The van der Waals surface area contributed by atoms with Gasteiger partial charge in [-0.05, 0) is 32.4 Å². The van der Waals surface area contributed by atoms with E-state index in [0.717, 1.165) is 19.5 Å².